The number of carbonyl (C=O) groups is 3. The topological polar surface area (TPSA) is 60.9 Å². The molecule has 2 atom stereocenters. The van der Waals surface area contributed by atoms with Gasteiger partial charge in [-0.2, -0.15) is 0 Å². The normalized spacial score (nSPS) is 20.6. The number of hydrogen-bond donors (Lipinski definition) is 0. The average Bonchev–Trinajstić information content (AvgIpc) is 3.54. The van der Waals surface area contributed by atoms with Gasteiger partial charge in [-0.15, -0.1) is 0 Å². The summed E-state index contributed by atoms with van der Waals surface area (Å²) < 4.78 is 1.73. The van der Waals surface area contributed by atoms with Crippen molar-refractivity contribution < 1.29 is 14.4 Å². The molecule has 3 amide bonds. The molecule has 3 aliphatic rings. The van der Waals surface area contributed by atoms with Crippen LogP contribution in [0.15, 0.2) is 48.5 Å². The van der Waals surface area contributed by atoms with Crippen LogP contribution in [0.1, 0.15) is 91.8 Å². The van der Waals surface area contributed by atoms with Crippen molar-refractivity contribution in [3.8, 4) is 0 Å². The second-order valence-electron chi connectivity index (χ2n) is 11.4. The highest BCUT2D eigenvalue weighted by molar-refractivity contribution is 14.1. The lowest BCUT2D eigenvalue weighted by atomic mass is 9.84. The third kappa shape index (κ3) is 5.49. The highest BCUT2D eigenvalue weighted by Crippen LogP contribution is 2.33. The Balaban J connectivity index is 1.25. The van der Waals surface area contributed by atoms with Crippen LogP contribution in [-0.4, -0.2) is 49.3 Å². The summed E-state index contributed by atoms with van der Waals surface area (Å²) in [4.78, 5) is 44.1. The maximum absolute atomic E-state index is 13.9. The molecule has 0 spiro atoms. The van der Waals surface area contributed by atoms with E-state index in [9.17, 15) is 14.4 Å². The number of halogens is 1. The van der Waals surface area contributed by atoms with Crippen LogP contribution in [0, 0.1) is 5.92 Å². The SMILES string of the molecule is CC(C)C(C(=O)N1CCC[C@H]1C(=O)N(I)Cc1ccc(C2CCCCC2)cc1)N1Cc2ccccc2C1=O. The fraction of sp³-hybridized carbons (Fsp3) is 0.516. The van der Waals surface area contributed by atoms with Crippen LogP contribution >= 0.6 is 22.9 Å². The summed E-state index contributed by atoms with van der Waals surface area (Å²) in [5, 5.41) is 0. The summed E-state index contributed by atoms with van der Waals surface area (Å²) >= 11 is 2.10. The average molecular weight is 628 g/mol. The second kappa shape index (κ2) is 11.8. The third-order valence-corrected chi connectivity index (χ3v) is 9.32. The lowest BCUT2D eigenvalue weighted by Crippen LogP contribution is -2.55. The maximum Gasteiger partial charge on any atom is 0.255 e. The summed E-state index contributed by atoms with van der Waals surface area (Å²) in [6.45, 7) is 5.45. The highest BCUT2D eigenvalue weighted by Gasteiger charge is 2.44. The number of nitrogens with zero attached hydrogens (tertiary/aromatic N) is 3. The van der Waals surface area contributed by atoms with E-state index >= 15 is 0 Å². The van der Waals surface area contributed by atoms with Crippen molar-refractivity contribution in [3.05, 3.63) is 70.8 Å². The van der Waals surface area contributed by atoms with Crippen molar-refractivity contribution in [1.82, 2.24) is 12.9 Å². The van der Waals surface area contributed by atoms with Gasteiger partial charge < -0.3 is 9.80 Å². The lowest BCUT2D eigenvalue weighted by molar-refractivity contribution is -0.144. The van der Waals surface area contributed by atoms with Gasteiger partial charge >= 0.3 is 0 Å². The van der Waals surface area contributed by atoms with Crippen LogP contribution < -0.4 is 0 Å². The van der Waals surface area contributed by atoms with Crippen LogP contribution in [0.2, 0.25) is 0 Å². The molecule has 1 saturated heterocycles. The maximum atomic E-state index is 13.9. The van der Waals surface area contributed by atoms with E-state index in [0.29, 0.717) is 37.5 Å². The summed E-state index contributed by atoms with van der Waals surface area (Å²) in [5.41, 5.74) is 4.14. The van der Waals surface area contributed by atoms with Gasteiger partial charge in [0, 0.05) is 18.7 Å². The molecule has 202 valence electrons. The first kappa shape index (κ1) is 27.2. The molecular formula is C31H38IN3O3. The first-order valence-corrected chi connectivity index (χ1v) is 15.1. The van der Waals surface area contributed by atoms with Crippen LogP contribution in [0.4, 0.5) is 0 Å². The number of carbonyl (C=O) groups excluding carboxylic acids is 3. The smallest absolute Gasteiger partial charge is 0.255 e. The molecular weight excluding hydrogens is 589 g/mol. The Bertz CT molecular complexity index is 1180. The molecule has 2 aliphatic heterocycles. The molecule has 2 heterocycles. The molecule has 7 heteroatoms. The minimum Gasteiger partial charge on any atom is -0.329 e. The zero-order valence-electron chi connectivity index (χ0n) is 22.4. The largest absolute Gasteiger partial charge is 0.329 e. The van der Waals surface area contributed by atoms with E-state index in [0.717, 1.165) is 17.5 Å². The van der Waals surface area contributed by atoms with Crippen LogP contribution in [-0.2, 0) is 22.7 Å². The Labute approximate surface area is 240 Å². The van der Waals surface area contributed by atoms with E-state index < -0.39 is 12.1 Å². The monoisotopic (exact) mass is 627 g/mol. The standard InChI is InChI=1S/C31H38IN3O3/c1-21(2)28(34-20-25-11-6-7-12-26(25)29(34)36)31(38)33-18-8-13-27(33)30(37)35(32)19-22-14-16-24(17-15-22)23-9-4-3-5-10-23/h6-7,11-12,14-17,21,23,27-28H,3-5,8-10,13,18-20H2,1-2H3/t27-,28?/m0/s1. The molecule has 1 aliphatic carbocycles. The van der Waals surface area contributed by atoms with Crippen molar-refractivity contribution in [2.24, 2.45) is 5.92 Å². The van der Waals surface area contributed by atoms with Crippen molar-refractivity contribution in [2.75, 3.05) is 6.54 Å². The van der Waals surface area contributed by atoms with Crippen LogP contribution in [0.5, 0.6) is 0 Å². The Morgan fingerprint density at radius 3 is 2.37 bits per heavy atom. The minimum atomic E-state index is -0.585. The van der Waals surface area contributed by atoms with E-state index in [-0.39, 0.29) is 23.6 Å². The first-order chi connectivity index (χ1) is 18.3. The van der Waals surface area contributed by atoms with E-state index in [4.69, 9.17) is 0 Å². The quantitative estimate of drug-likeness (QED) is 0.276. The molecule has 0 bridgehead atoms. The van der Waals surface area contributed by atoms with Crippen molar-refractivity contribution >= 4 is 40.6 Å². The number of fused-ring (bicyclic) bond motifs is 1. The fourth-order valence-electron chi connectivity index (χ4n) is 6.47. The van der Waals surface area contributed by atoms with Gasteiger partial charge in [0.25, 0.3) is 11.8 Å². The van der Waals surface area contributed by atoms with E-state index in [2.05, 4.69) is 47.1 Å². The zero-order valence-corrected chi connectivity index (χ0v) is 24.6. The van der Waals surface area contributed by atoms with Gasteiger partial charge in [-0.3, -0.25) is 17.5 Å². The van der Waals surface area contributed by atoms with Gasteiger partial charge in [0.15, 0.2) is 0 Å². The Morgan fingerprint density at radius 2 is 1.68 bits per heavy atom. The summed E-state index contributed by atoms with van der Waals surface area (Å²) in [6, 6.07) is 15.2. The Hall–Kier alpha value is -2.42. The summed E-state index contributed by atoms with van der Waals surface area (Å²) in [6.07, 6.45) is 7.97. The van der Waals surface area contributed by atoms with E-state index in [1.807, 2.05) is 38.1 Å². The number of benzene rings is 2. The lowest BCUT2D eigenvalue weighted by Gasteiger charge is -2.35. The molecule has 5 rings (SSSR count). The minimum absolute atomic E-state index is 0.0358. The Morgan fingerprint density at radius 1 is 0.974 bits per heavy atom. The first-order valence-electron chi connectivity index (χ1n) is 14.1. The molecule has 0 radical (unpaired) electrons. The number of rotatable bonds is 7. The fourth-order valence-corrected chi connectivity index (χ4v) is 7.18. The van der Waals surface area contributed by atoms with Gasteiger partial charge in [-0.05, 0) is 60.3 Å². The highest BCUT2D eigenvalue weighted by atomic mass is 127. The summed E-state index contributed by atoms with van der Waals surface area (Å²) in [7, 11) is 0. The number of hydrogen-bond acceptors (Lipinski definition) is 3. The second-order valence-corrected chi connectivity index (χ2v) is 12.6. The predicted molar refractivity (Wildman–Crippen MR) is 157 cm³/mol. The van der Waals surface area contributed by atoms with Gasteiger partial charge in [0.1, 0.15) is 12.1 Å². The van der Waals surface area contributed by atoms with E-state index in [1.54, 1.807) is 12.9 Å². The predicted octanol–water partition coefficient (Wildman–Crippen LogP) is 6.08. The van der Waals surface area contributed by atoms with Crippen molar-refractivity contribution in [3.63, 3.8) is 0 Å². The molecule has 6 nitrogen and oxygen atoms in total. The molecule has 0 N–H and O–H groups in total. The molecule has 1 unspecified atom stereocenters. The van der Waals surface area contributed by atoms with Crippen molar-refractivity contribution in [2.45, 2.75) is 89.9 Å². The molecule has 2 aromatic rings. The van der Waals surface area contributed by atoms with Gasteiger partial charge in [-0.1, -0.05) is 75.6 Å². The van der Waals surface area contributed by atoms with Crippen LogP contribution in [0.25, 0.3) is 0 Å². The molecule has 0 aromatic heterocycles. The third-order valence-electron chi connectivity index (χ3n) is 8.51. The molecule has 2 aromatic carbocycles. The van der Waals surface area contributed by atoms with Crippen molar-refractivity contribution in [1.29, 1.82) is 0 Å². The van der Waals surface area contributed by atoms with Gasteiger partial charge in [-0.25, -0.2) is 0 Å². The van der Waals surface area contributed by atoms with Gasteiger partial charge in [0.05, 0.1) is 29.4 Å². The molecule has 2 fully saturated rings. The molecule has 38 heavy (non-hydrogen) atoms. The zero-order chi connectivity index (χ0) is 26.8. The number of amides is 3. The Kier molecular flexibility index (Phi) is 8.41. The number of likely N-dealkylation sites (tertiary alicyclic amines) is 1. The van der Waals surface area contributed by atoms with Crippen LogP contribution in [0.3, 0.4) is 0 Å². The molecule has 1 saturated carbocycles. The van der Waals surface area contributed by atoms with E-state index in [1.165, 1.54) is 37.7 Å². The summed E-state index contributed by atoms with van der Waals surface area (Å²) in [5.74, 6) is 0.361. The van der Waals surface area contributed by atoms with Gasteiger partial charge in [0.2, 0.25) is 5.91 Å².